The van der Waals surface area contributed by atoms with E-state index in [1.54, 1.807) is 33.3 Å². The third-order valence-electron chi connectivity index (χ3n) is 5.91. The van der Waals surface area contributed by atoms with Crippen molar-refractivity contribution in [1.29, 1.82) is 0 Å². The number of fused-ring (bicyclic) bond motifs is 1. The Labute approximate surface area is 188 Å². The van der Waals surface area contributed by atoms with Crippen molar-refractivity contribution in [3.05, 3.63) is 59.2 Å². The molecule has 1 N–H and O–H groups in total. The van der Waals surface area contributed by atoms with Crippen LogP contribution >= 0.6 is 0 Å². The largest absolute Gasteiger partial charge is 0.493 e. The predicted octanol–water partition coefficient (Wildman–Crippen LogP) is 2.35. The lowest BCUT2D eigenvalue weighted by Crippen LogP contribution is -2.55. The van der Waals surface area contributed by atoms with Crippen molar-refractivity contribution < 1.29 is 28.5 Å². The van der Waals surface area contributed by atoms with Crippen molar-refractivity contribution in [2.45, 2.75) is 25.2 Å². The maximum absolute atomic E-state index is 13.4. The molecule has 0 aromatic heterocycles. The van der Waals surface area contributed by atoms with Crippen molar-refractivity contribution in [2.75, 3.05) is 41.5 Å². The summed E-state index contributed by atoms with van der Waals surface area (Å²) in [5.74, 6) is 0.796. The molecule has 172 valence electrons. The van der Waals surface area contributed by atoms with Crippen LogP contribution in [-0.4, -0.2) is 64.5 Å². The number of nitrogens with zero attached hydrogens (tertiary/aromatic N) is 1. The predicted molar refractivity (Wildman–Crippen MR) is 119 cm³/mol. The van der Waals surface area contributed by atoms with Crippen LogP contribution in [0.1, 0.15) is 28.4 Å². The maximum atomic E-state index is 13.4. The summed E-state index contributed by atoms with van der Waals surface area (Å²) in [6.45, 7) is 2.27. The minimum atomic E-state index is -1.18. The first-order chi connectivity index (χ1) is 15.4. The highest BCUT2D eigenvalue weighted by Gasteiger charge is 2.51. The molecular formula is C24H30N2O6. The van der Waals surface area contributed by atoms with Crippen LogP contribution in [0.3, 0.4) is 0 Å². The van der Waals surface area contributed by atoms with Gasteiger partial charge in [-0.25, -0.2) is 0 Å². The summed E-state index contributed by atoms with van der Waals surface area (Å²) in [5.41, 5.74) is 0.989. The van der Waals surface area contributed by atoms with Crippen molar-refractivity contribution in [3.8, 4) is 11.5 Å². The zero-order valence-electron chi connectivity index (χ0n) is 19.1. The van der Waals surface area contributed by atoms with Crippen LogP contribution in [0.4, 0.5) is 0 Å². The second kappa shape index (κ2) is 10.0. The second-order valence-corrected chi connectivity index (χ2v) is 7.63. The fraction of sp³-hybridized carbons (Fsp3) is 0.417. The van der Waals surface area contributed by atoms with Gasteiger partial charge < -0.3 is 29.2 Å². The smallest absolute Gasteiger partial charge is 0.255 e. The Balaban J connectivity index is 1.78. The van der Waals surface area contributed by atoms with Crippen molar-refractivity contribution in [3.63, 3.8) is 0 Å². The van der Waals surface area contributed by atoms with Crippen molar-refractivity contribution >= 4 is 11.8 Å². The number of carbonyl (C=O) groups excluding carboxylic acids is 2. The molecule has 0 aliphatic carbocycles. The SMILES string of the molecule is COc1ccc(CCNC(=O)C2(C)c3ccccc3C(=O)N2CC(OC)OC)cc1OC. The van der Waals surface area contributed by atoms with E-state index in [4.69, 9.17) is 18.9 Å². The first-order valence-electron chi connectivity index (χ1n) is 10.4. The minimum Gasteiger partial charge on any atom is -0.493 e. The zero-order valence-corrected chi connectivity index (χ0v) is 19.1. The van der Waals surface area contributed by atoms with Crippen LogP contribution in [0.5, 0.6) is 11.5 Å². The lowest BCUT2D eigenvalue weighted by molar-refractivity contribution is -0.140. The summed E-state index contributed by atoms with van der Waals surface area (Å²) in [6, 6.07) is 12.8. The lowest BCUT2D eigenvalue weighted by atomic mass is 9.90. The molecule has 0 saturated heterocycles. The number of rotatable bonds is 10. The number of ether oxygens (including phenoxy) is 4. The number of amides is 2. The third-order valence-corrected chi connectivity index (χ3v) is 5.91. The molecule has 8 nitrogen and oxygen atoms in total. The Morgan fingerprint density at radius 2 is 1.72 bits per heavy atom. The van der Waals surface area contributed by atoms with Gasteiger partial charge in [0.05, 0.1) is 20.8 Å². The Hall–Kier alpha value is -3.10. The van der Waals surface area contributed by atoms with E-state index in [0.717, 1.165) is 5.56 Å². The number of carbonyl (C=O) groups is 2. The number of methoxy groups -OCH3 is 4. The van der Waals surface area contributed by atoms with Gasteiger partial charge in [0.15, 0.2) is 17.8 Å². The van der Waals surface area contributed by atoms with Gasteiger partial charge in [0, 0.05) is 26.3 Å². The highest BCUT2D eigenvalue weighted by Crippen LogP contribution is 2.39. The first-order valence-corrected chi connectivity index (χ1v) is 10.4. The van der Waals surface area contributed by atoms with E-state index >= 15 is 0 Å². The van der Waals surface area contributed by atoms with Crippen LogP contribution in [0.15, 0.2) is 42.5 Å². The molecule has 1 unspecified atom stereocenters. The first kappa shape index (κ1) is 23.6. The molecule has 0 radical (unpaired) electrons. The Morgan fingerprint density at radius 3 is 2.38 bits per heavy atom. The van der Waals surface area contributed by atoms with Gasteiger partial charge in [0.25, 0.3) is 5.91 Å². The summed E-state index contributed by atoms with van der Waals surface area (Å²) in [7, 11) is 6.17. The normalized spacial score (nSPS) is 17.4. The molecule has 8 heteroatoms. The average Bonchev–Trinajstić information content (AvgIpc) is 3.04. The summed E-state index contributed by atoms with van der Waals surface area (Å²) in [4.78, 5) is 28.1. The zero-order chi connectivity index (χ0) is 23.3. The number of hydrogen-bond acceptors (Lipinski definition) is 6. The quantitative estimate of drug-likeness (QED) is 0.569. The van der Waals surface area contributed by atoms with Gasteiger partial charge >= 0.3 is 0 Å². The Bertz CT molecular complexity index is 975. The van der Waals surface area contributed by atoms with Crippen LogP contribution < -0.4 is 14.8 Å². The number of nitrogens with one attached hydrogen (secondary N) is 1. The van der Waals surface area contributed by atoms with Crippen LogP contribution in [0, 0.1) is 0 Å². The lowest BCUT2D eigenvalue weighted by Gasteiger charge is -2.36. The van der Waals surface area contributed by atoms with Crippen LogP contribution in [0.25, 0.3) is 0 Å². The second-order valence-electron chi connectivity index (χ2n) is 7.63. The van der Waals surface area contributed by atoms with E-state index in [2.05, 4.69) is 5.32 Å². The molecular weight excluding hydrogens is 412 g/mol. The third kappa shape index (κ3) is 4.28. The van der Waals surface area contributed by atoms with E-state index in [0.29, 0.717) is 35.6 Å². The van der Waals surface area contributed by atoms with E-state index < -0.39 is 11.8 Å². The molecule has 0 bridgehead atoms. The standard InChI is InChI=1S/C24H30N2O6/c1-24(23(28)25-13-12-16-10-11-19(29-2)20(14-16)30-3)18-9-7-6-8-17(18)22(27)26(24)15-21(31-4)32-5/h6-11,14,21H,12-13,15H2,1-5H3,(H,25,28). The van der Waals surface area contributed by atoms with Gasteiger partial charge in [-0.05, 0) is 42.7 Å². The molecule has 2 amide bonds. The summed E-state index contributed by atoms with van der Waals surface area (Å²) < 4.78 is 21.2. The van der Waals surface area contributed by atoms with Crippen LogP contribution in [-0.2, 0) is 26.2 Å². The van der Waals surface area contributed by atoms with E-state index in [1.807, 2.05) is 30.3 Å². The summed E-state index contributed by atoms with van der Waals surface area (Å²) in [5, 5.41) is 2.99. The van der Waals surface area contributed by atoms with Gasteiger partial charge in [-0.15, -0.1) is 0 Å². The summed E-state index contributed by atoms with van der Waals surface area (Å²) >= 11 is 0. The van der Waals surface area contributed by atoms with Gasteiger partial charge in [0.1, 0.15) is 5.54 Å². The number of benzene rings is 2. The van der Waals surface area contributed by atoms with E-state index in [1.165, 1.54) is 19.1 Å². The Kier molecular flexibility index (Phi) is 7.37. The topological polar surface area (TPSA) is 86.3 Å². The molecule has 1 aliphatic heterocycles. The highest BCUT2D eigenvalue weighted by molar-refractivity contribution is 6.06. The maximum Gasteiger partial charge on any atom is 0.255 e. The molecule has 1 aliphatic rings. The minimum absolute atomic E-state index is 0.125. The molecule has 0 fully saturated rings. The van der Waals surface area contributed by atoms with Crippen molar-refractivity contribution in [2.24, 2.45) is 0 Å². The van der Waals surface area contributed by atoms with Gasteiger partial charge in [-0.1, -0.05) is 24.3 Å². The van der Waals surface area contributed by atoms with Gasteiger partial charge in [-0.2, -0.15) is 0 Å². The van der Waals surface area contributed by atoms with Crippen molar-refractivity contribution in [1.82, 2.24) is 10.2 Å². The fourth-order valence-electron chi connectivity index (χ4n) is 4.02. The fourth-order valence-corrected chi connectivity index (χ4v) is 4.02. The summed E-state index contributed by atoms with van der Waals surface area (Å²) in [6.07, 6.45) is -0.0524. The van der Waals surface area contributed by atoms with Gasteiger partial charge in [0.2, 0.25) is 5.91 Å². The molecule has 1 heterocycles. The Morgan fingerprint density at radius 1 is 1.03 bits per heavy atom. The molecule has 2 aromatic carbocycles. The molecule has 2 aromatic rings. The number of hydrogen-bond donors (Lipinski definition) is 1. The molecule has 0 spiro atoms. The molecule has 32 heavy (non-hydrogen) atoms. The van der Waals surface area contributed by atoms with Crippen LogP contribution in [0.2, 0.25) is 0 Å². The van der Waals surface area contributed by atoms with E-state index in [-0.39, 0.29) is 18.4 Å². The molecule has 0 saturated carbocycles. The monoisotopic (exact) mass is 442 g/mol. The molecule has 1 atom stereocenters. The highest BCUT2D eigenvalue weighted by atomic mass is 16.7. The molecule has 3 rings (SSSR count). The average molecular weight is 443 g/mol. The van der Waals surface area contributed by atoms with E-state index in [9.17, 15) is 9.59 Å². The van der Waals surface area contributed by atoms with Gasteiger partial charge in [-0.3, -0.25) is 9.59 Å².